The molecule has 1 N–H and O–H groups in total. The highest BCUT2D eigenvalue weighted by molar-refractivity contribution is 7.98. The number of aryl methyl sites for hydroxylation is 2. The molecule has 0 aliphatic rings. The second-order valence-corrected chi connectivity index (χ2v) is 5.13. The van der Waals surface area contributed by atoms with Crippen molar-refractivity contribution in [1.82, 2.24) is 4.98 Å². The minimum Gasteiger partial charge on any atom is -0.322 e. The van der Waals surface area contributed by atoms with Crippen LogP contribution < -0.4 is 5.32 Å². The Bertz CT molecular complexity index is 611. The van der Waals surface area contributed by atoms with Crippen LogP contribution in [0.15, 0.2) is 41.6 Å². The number of nitrogens with one attached hydrogen (secondary N) is 1. The van der Waals surface area contributed by atoms with Crippen molar-refractivity contribution in [3.63, 3.8) is 0 Å². The molecular weight excluding hydrogens is 256 g/mol. The maximum atomic E-state index is 12.3. The van der Waals surface area contributed by atoms with Crippen LogP contribution in [-0.2, 0) is 0 Å². The number of hydrogen-bond donors (Lipinski definition) is 1. The third-order valence-electron chi connectivity index (χ3n) is 2.84. The van der Waals surface area contributed by atoms with Crippen molar-refractivity contribution in [1.29, 1.82) is 0 Å². The molecule has 0 radical (unpaired) electrons. The molecule has 98 valence electrons. The number of carbonyl (C=O) groups excluding carboxylic acids is 1. The number of anilines is 1. The SMILES string of the molecule is CSc1ncccc1C(=O)Nc1ccc(C)cc1C. The summed E-state index contributed by atoms with van der Waals surface area (Å²) in [7, 11) is 0. The molecule has 1 amide bonds. The molecule has 0 aliphatic heterocycles. The van der Waals surface area contributed by atoms with Crippen LogP contribution in [0.4, 0.5) is 5.69 Å². The van der Waals surface area contributed by atoms with Gasteiger partial charge in [-0.1, -0.05) is 17.7 Å². The molecule has 0 spiro atoms. The third kappa shape index (κ3) is 3.15. The Kier molecular flexibility index (Phi) is 4.22. The Morgan fingerprint density at radius 1 is 1.26 bits per heavy atom. The van der Waals surface area contributed by atoms with E-state index >= 15 is 0 Å². The number of pyridine rings is 1. The fourth-order valence-electron chi connectivity index (χ4n) is 1.87. The van der Waals surface area contributed by atoms with Gasteiger partial charge in [-0.15, -0.1) is 11.8 Å². The zero-order valence-corrected chi connectivity index (χ0v) is 12.0. The summed E-state index contributed by atoms with van der Waals surface area (Å²) in [5, 5.41) is 3.68. The Hall–Kier alpha value is -1.81. The highest BCUT2D eigenvalue weighted by Crippen LogP contribution is 2.20. The van der Waals surface area contributed by atoms with E-state index in [-0.39, 0.29) is 5.91 Å². The molecule has 4 heteroatoms. The molecule has 0 atom stereocenters. The standard InChI is InChI=1S/C15H16N2OS/c1-10-6-7-13(11(2)9-10)17-14(18)12-5-4-8-16-15(12)19-3/h4-9H,1-3H3,(H,17,18). The maximum Gasteiger partial charge on any atom is 0.258 e. The summed E-state index contributed by atoms with van der Waals surface area (Å²) in [5.41, 5.74) is 3.69. The molecule has 0 bridgehead atoms. The van der Waals surface area contributed by atoms with Crippen LogP contribution in [0.2, 0.25) is 0 Å². The number of thioether (sulfide) groups is 1. The zero-order valence-electron chi connectivity index (χ0n) is 11.2. The minimum absolute atomic E-state index is 0.121. The molecule has 1 heterocycles. The lowest BCUT2D eigenvalue weighted by Crippen LogP contribution is -2.14. The lowest BCUT2D eigenvalue weighted by molar-refractivity contribution is 0.102. The Labute approximate surface area is 117 Å². The van der Waals surface area contributed by atoms with Gasteiger partial charge in [-0.25, -0.2) is 4.98 Å². The second kappa shape index (κ2) is 5.89. The smallest absolute Gasteiger partial charge is 0.258 e. The van der Waals surface area contributed by atoms with Gasteiger partial charge in [-0.2, -0.15) is 0 Å². The second-order valence-electron chi connectivity index (χ2n) is 4.33. The normalized spacial score (nSPS) is 10.3. The van der Waals surface area contributed by atoms with Crippen LogP contribution in [0, 0.1) is 13.8 Å². The van der Waals surface area contributed by atoms with Crippen molar-refractivity contribution in [3.8, 4) is 0 Å². The third-order valence-corrected chi connectivity index (χ3v) is 3.55. The molecule has 1 aromatic heterocycles. The van der Waals surface area contributed by atoms with Gasteiger partial charge in [0.25, 0.3) is 5.91 Å². The van der Waals surface area contributed by atoms with Gasteiger partial charge >= 0.3 is 0 Å². The summed E-state index contributed by atoms with van der Waals surface area (Å²) in [6.45, 7) is 4.02. The Balaban J connectivity index is 2.26. The summed E-state index contributed by atoms with van der Waals surface area (Å²) >= 11 is 1.47. The molecule has 0 unspecified atom stereocenters. The lowest BCUT2D eigenvalue weighted by Gasteiger charge is -2.10. The van der Waals surface area contributed by atoms with E-state index in [1.807, 2.05) is 38.3 Å². The molecule has 2 rings (SSSR count). The average molecular weight is 272 g/mol. The van der Waals surface area contributed by atoms with E-state index in [1.54, 1.807) is 18.3 Å². The molecule has 0 fully saturated rings. The molecule has 1 aromatic carbocycles. The number of benzene rings is 1. The predicted molar refractivity (Wildman–Crippen MR) is 79.9 cm³/mol. The molecule has 2 aromatic rings. The number of rotatable bonds is 3. The molecule has 19 heavy (non-hydrogen) atoms. The first-order valence-corrected chi connectivity index (χ1v) is 7.22. The van der Waals surface area contributed by atoms with E-state index in [4.69, 9.17) is 0 Å². The number of carbonyl (C=O) groups is 1. The summed E-state index contributed by atoms with van der Waals surface area (Å²) in [6, 6.07) is 9.53. The largest absolute Gasteiger partial charge is 0.322 e. The van der Waals surface area contributed by atoms with Crippen LogP contribution >= 0.6 is 11.8 Å². The monoisotopic (exact) mass is 272 g/mol. The first-order valence-electron chi connectivity index (χ1n) is 5.99. The molecule has 3 nitrogen and oxygen atoms in total. The van der Waals surface area contributed by atoms with E-state index in [2.05, 4.69) is 10.3 Å². The fraction of sp³-hybridized carbons (Fsp3) is 0.200. The number of aromatic nitrogens is 1. The van der Waals surface area contributed by atoms with Gasteiger partial charge in [-0.3, -0.25) is 4.79 Å². The van der Waals surface area contributed by atoms with Gasteiger partial charge in [-0.05, 0) is 43.9 Å². The quantitative estimate of drug-likeness (QED) is 0.867. The molecule has 0 saturated carbocycles. The van der Waals surface area contributed by atoms with Crippen molar-refractivity contribution in [2.24, 2.45) is 0 Å². The van der Waals surface area contributed by atoms with Crippen LogP contribution in [0.25, 0.3) is 0 Å². The Morgan fingerprint density at radius 3 is 2.74 bits per heavy atom. The van der Waals surface area contributed by atoms with Crippen molar-refractivity contribution in [3.05, 3.63) is 53.2 Å². The van der Waals surface area contributed by atoms with Gasteiger partial charge < -0.3 is 5.32 Å². The summed E-state index contributed by atoms with van der Waals surface area (Å²) in [5.74, 6) is -0.121. The predicted octanol–water partition coefficient (Wildman–Crippen LogP) is 3.67. The van der Waals surface area contributed by atoms with Crippen molar-refractivity contribution in [2.45, 2.75) is 18.9 Å². The number of nitrogens with zero attached hydrogens (tertiary/aromatic N) is 1. The first-order chi connectivity index (χ1) is 9.11. The average Bonchev–Trinajstić information content (AvgIpc) is 2.41. The summed E-state index contributed by atoms with van der Waals surface area (Å²) < 4.78 is 0. The van der Waals surface area contributed by atoms with Crippen LogP contribution in [0.3, 0.4) is 0 Å². The van der Waals surface area contributed by atoms with Crippen molar-refractivity contribution >= 4 is 23.4 Å². The van der Waals surface area contributed by atoms with E-state index in [0.717, 1.165) is 16.3 Å². The Morgan fingerprint density at radius 2 is 2.05 bits per heavy atom. The van der Waals surface area contributed by atoms with E-state index in [1.165, 1.54) is 17.3 Å². The van der Waals surface area contributed by atoms with Gasteiger partial charge in [0.2, 0.25) is 0 Å². The topological polar surface area (TPSA) is 42.0 Å². The van der Waals surface area contributed by atoms with E-state index < -0.39 is 0 Å². The van der Waals surface area contributed by atoms with E-state index in [0.29, 0.717) is 5.56 Å². The molecular formula is C15H16N2OS. The minimum atomic E-state index is -0.121. The van der Waals surface area contributed by atoms with Crippen LogP contribution in [0.1, 0.15) is 21.5 Å². The van der Waals surface area contributed by atoms with E-state index in [9.17, 15) is 4.79 Å². The fourth-order valence-corrected chi connectivity index (χ4v) is 2.42. The number of amides is 1. The van der Waals surface area contributed by atoms with Crippen molar-refractivity contribution in [2.75, 3.05) is 11.6 Å². The summed E-state index contributed by atoms with van der Waals surface area (Å²) in [4.78, 5) is 16.5. The van der Waals surface area contributed by atoms with Gasteiger partial charge in [0.1, 0.15) is 5.03 Å². The molecule has 0 saturated heterocycles. The van der Waals surface area contributed by atoms with Crippen LogP contribution in [0.5, 0.6) is 0 Å². The van der Waals surface area contributed by atoms with Gasteiger partial charge in [0.15, 0.2) is 0 Å². The highest BCUT2D eigenvalue weighted by Gasteiger charge is 2.12. The highest BCUT2D eigenvalue weighted by atomic mass is 32.2. The van der Waals surface area contributed by atoms with Crippen LogP contribution in [-0.4, -0.2) is 17.1 Å². The number of hydrogen-bond acceptors (Lipinski definition) is 3. The van der Waals surface area contributed by atoms with Gasteiger partial charge in [0.05, 0.1) is 5.56 Å². The van der Waals surface area contributed by atoms with Gasteiger partial charge in [0, 0.05) is 11.9 Å². The first kappa shape index (κ1) is 13.6. The zero-order chi connectivity index (χ0) is 13.8. The summed E-state index contributed by atoms with van der Waals surface area (Å²) in [6.07, 6.45) is 3.61. The molecule has 0 aliphatic carbocycles. The van der Waals surface area contributed by atoms with Crippen molar-refractivity contribution < 1.29 is 4.79 Å². The lowest BCUT2D eigenvalue weighted by atomic mass is 10.1. The maximum absolute atomic E-state index is 12.3.